The highest BCUT2D eigenvalue weighted by molar-refractivity contribution is 9.10. The normalized spacial score (nSPS) is 12.6. The largest absolute Gasteiger partial charge is 0.310 e. The number of hydrogen-bond acceptors (Lipinski definition) is 2. The monoisotopic (exact) mass is 341 g/mol. The zero-order valence-electron chi connectivity index (χ0n) is 11.0. The smallest absolute Gasteiger partial charge is 0.138 e. The number of halogens is 2. The van der Waals surface area contributed by atoms with Crippen molar-refractivity contribution in [3.05, 3.63) is 45.5 Å². The van der Waals surface area contributed by atoms with E-state index >= 15 is 0 Å². The first kappa shape index (κ1) is 14.7. The van der Waals surface area contributed by atoms with Crippen LogP contribution in [0.15, 0.2) is 34.8 Å². The summed E-state index contributed by atoms with van der Waals surface area (Å²) in [5.74, 6) is -0.217. The Morgan fingerprint density at radius 1 is 1.26 bits per heavy atom. The topological polar surface area (TPSA) is 12.0 Å². The van der Waals surface area contributed by atoms with Crippen molar-refractivity contribution in [3.8, 4) is 10.4 Å². The molecule has 0 aliphatic carbocycles. The second-order valence-corrected chi connectivity index (χ2v) is 6.32. The van der Waals surface area contributed by atoms with Crippen LogP contribution in [0.4, 0.5) is 4.39 Å². The molecule has 102 valence electrons. The van der Waals surface area contributed by atoms with E-state index in [0.717, 1.165) is 23.4 Å². The molecule has 0 radical (unpaired) electrons. The number of rotatable bonds is 5. The average molecular weight is 342 g/mol. The fourth-order valence-electron chi connectivity index (χ4n) is 2.04. The van der Waals surface area contributed by atoms with Crippen molar-refractivity contribution >= 4 is 27.3 Å². The van der Waals surface area contributed by atoms with Crippen LogP contribution in [0.2, 0.25) is 0 Å². The molecule has 0 aliphatic rings. The van der Waals surface area contributed by atoms with Gasteiger partial charge in [0.05, 0.1) is 4.47 Å². The molecule has 0 spiro atoms. The lowest BCUT2D eigenvalue weighted by Gasteiger charge is -2.13. The number of benzene rings is 1. The number of nitrogens with one attached hydrogen (secondary N) is 1. The lowest BCUT2D eigenvalue weighted by atomic mass is 10.1. The van der Waals surface area contributed by atoms with E-state index in [1.54, 1.807) is 23.5 Å². The van der Waals surface area contributed by atoms with Gasteiger partial charge in [-0.05, 0) is 58.7 Å². The van der Waals surface area contributed by atoms with Gasteiger partial charge in [0.2, 0.25) is 0 Å². The Kier molecular flexibility index (Phi) is 5.13. The molecular formula is C15H17BrFNS. The van der Waals surface area contributed by atoms with Gasteiger partial charge >= 0.3 is 0 Å². The molecule has 0 saturated heterocycles. The minimum Gasteiger partial charge on any atom is -0.310 e. The fraction of sp³-hybridized carbons (Fsp3) is 0.333. The van der Waals surface area contributed by atoms with Gasteiger partial charge in [-0.2, -0.15) is 0 Å². The van der Waals surface area contributed by atoms with E-state index < -0.39 is 0 Å². The highest BCUT2D eigenvalue weighted by Crippen LogP contribution is 2.33. The zero-order chi connectivity index (χ0) is 13.8. The van der Waals surface area contributed by atoms with E-state index in [1.165, 1.54) is 4.88 Å². The van der Waals surface area contributed by atoms with Crippen molar-refractivity contribution in [2.45, 2.75) is 26.3 Å². The lowest BCUT2D eigenvalue weighted by molar-refractivity contribution is 0.545. The summed E-state index contributed by atoms with van der Waals surface area (Å²) in [7, 11) is 0. The zero-order valence-corrected chi connectivity index (χ0v) is 13.4. The van der Waals surface area contributed by atoms with Crippen LogP contribution < -0.4 is 5.32 Å². The van der Waals surface area contributed by atoms with Gasteiger partial charge < -0.3 is 5.32 Å². The third-order valence-corrected chi connectivity index (χ3v) is 4.92. The van der Waals surface area contributed by atoms with E-state index in [0.29, 0.717) is 10.5 Å². The molecule has 19 heavy (non-hydrogen) atoms. The van der Waals surface area contributed by atoms with Crippen LogP contribution in [0.5, 0.6) is 0 Å². The van der Waals surface area contributed by atoms with Gasteiger partial charge in [-0.1, -0.05) is 19.9 Å². The molecule has 1 N–H and O–H groups in total. The lowest BCUT2D eigenvalue weighted by Crippen LogP contribution is -2.18. The van der Waals surface area contributed by atoms with Crippen LogP contribution in [0, 0.1) is 5.82 Å². The summed E-state index contributed by atoms with van der Waals surface area (Å²) in [6.45, 7) is 5.24. The molecule has 1 nitrogen and oxygen atoms in total. The van der Waals surface area contributed by atoms with Crippen molar-refractivity contribution in [3.63, 3.8) is 0 Å². The first-order valence-corrected chi connectivity index (χ1v) is 8.05. The second kappa shape index (κ2) is 6.64. The van der Waals surface area contributed by atoms with Gasteiger partial charge in [-0.15, -0.1) is 11.3 Å². The van der Waals surface area contributed by atoms with Crippen LogP contribution >= 0.6 is 27.3 Å². The van der Waals surface area contributed by atoms with Crippen LogP contribution in [0.25, 0.3) is 10.4 Å². The predicted molar refractivity (Wildman–Crippen MR) is 84.1 cm³/mol. The number of thiophene rings is 1. The number of hydrogen-bond donors (Lipinski definition) is 1. The first-order valence-electron chi connectivity index (χ1n) is 6.44. The van der Waals surface area contributed by atoms with Crippen LogP contribution in [0.3, 0.4) is 0 Å². The Bertz CT molecular complexity index is 553. The van der Waals surface area contributed by atoms with Gasteiger partial charge in [0.15, 0.2) is 0 Å². The van der Waals surface area contributed by atoms with E-state index in [9.17, 15) is 4.39 Å². The quantitative estimate of drug-likeness (QED) is 0.769. The summed E-state index contributed by atoms with van der Waals surface area (Å²) >= 11 is 4.91. The van der Waals surface area contributed by atoms with Gasteiger partial charge in [0, 0.05) is 15.8 Å². The van der Waals surface area contributed by atoms with Crippen molar-refractivity contribution < 1.29 is 4.39 Å². The summed E-state index contributed by atoms with van der Waals surface area (Å²) in [5.41, 5.74) is 0.934. The highest BCUT2D eigenvalue weighted by atomic mass is 79.9. The Balaban J connectivity index is 2.27. The standard InChI is InChI=1S/C15H17BrFNS/c1-3-13(18-4-2)15-8-7-14(19-15)10-5-6-11(16)12(17)9-10/h5-9,13,18H,3-4H2,1-2H3. The average Bonchev–Trinajstić information content (AvgIpc) is 2.88. The Hall–Kier alpha value is -0.710. The maximum Gasteiger partial charge on any atom is 0.138 e. The Labute approximate surface area is 126 Å². The van der Waals surface area contributed by atoms with Crippen molar-refractivity contribution in [1.82, 2.24) is 5.32 Å². The van der Waals surface area contributed by atoms with E-state index in [1.807, 2.05) is 6.07 Å². The van der Waals surface area contributed by atoms with Crippen molar-refractivity contribution in [1.29, 1.82) is 0 Å². The van der Waals surface area contributed by atoms with E-state index in [4.69, 9.17) is 0 Å². The molecular weight excluding hydrogens is 325 g/mol. The van der Waals surface area contributed by atoms with Crippen molar-refractivity contribution in [2.75, 3.05) is 6.54 Å². The molecule has 1 heterocycles. The van der Waals surface area contributed by atoms with Crippen LogP contribution in [-0.2, 0) is 0 Å². The summed E-state index contributed by atoms with van der Waals surface area (Å²) in [5, 5.41) is 3.46. The molecule has 4 heteroatoms. The summed E-state index contributed by atoms with van der Waals surface area (Å²) in [4.78, 5) is 2.42. The van der Waals surface area contributed by atoms with Gasteiger partial charge in [-0.25, -0.2) is 4.39 Å². The molecule has 1 aromatic carbocycles. The summed E-state index contributed by atoms with van der Waals surface area (Å²) < 4.78 is 14.1. The Morgan fingerprint density at radius 3 is 2.68 bits per heavy atom. The van der Waals surface area contributed by atoms with Gasteiger partial charge in [-0.3, -0.25) is 0 Å². The predicted octanol–water partition coefficient (Wildman–Crippen LogP) is 5.38. The Morgan fingerprint density at radius 2 is 2.05 bits per heavy atom. The third kappa shape index (κ3) is 3.44. The maximum atomic E-state index is 13.6. The third-order valence-electron chi connectivity index (χ3n) is 3.03. The molecule has 1 aromatic heterocycles. The minimum atomic E-state index is -0.217. The van der Waals surface area contributed by atoms with E-state index in [-0.39, 0.29) is 5.82 Å². The van der Waals surface area contributed by atoms with Gasteiger partial charge in [0.1, 0.15) is 5.82 Å². The molecule has 1 unspecified atom stereocenters. The molecule has 0 aliphatic heterocycles. The van der Waals surface area contributed by atoms with Gasteiger partial charge in [0.25, 0.3) is 0 Å². The summed E-state index contributed by atoms with van der Waals surface area (Å²) in [6.07, 6.45) is 1.06. The van der Waals surface area contributed by atoms with Crippen molar-refractivity contribution in [2.24, 2.45) is 0 Å². The maximum absolute atomic E-state index is 13.6. The highest BCUT2D eigenvalue weighted by Gasteiger charge is 2.12. The molecule has 0 bridgehead atoms. The first-order chi connectivity index (χ1) is 9.15. The van der Waals surface area contributed by atoms with Crippen LogP contribution in [-0.4, -0.2) is 6.54 Å². The minimum absolute atomic E-state index is 0.217. The van der Waals surface area contributed by atoms with E-state index in [2.05, 4.69) is 47.2 Å². The molecule has 2 rings (SSSR count). The second-order valence-electron chi connectivity index (χ2n) is 4.35. The molecule has 0 fully saturated rings. The SMILES string of the molecule is CCNC(CC)c1ccc(-c2ccc(Br)c(F)c2)s1. The molecule has 2 aromatic rings. The molecule has 1 atom stereocenters. The van der Waals surface area contributed by atoms with Crippen LogP contribution in [0.1, 0.15) is 31.2 Å². The molecule has 0 amide bonds. The summed E-state index contributed by atoms with van der Waals surface area (Å²) in [6, 6.07) is 9.87. The molecule has 0 saturated carbocycles. The fourth-order valence-corrected chi connectivity index (χ4v) is 3.45.